The topological polar surface area (TPSA) is 57.7 Å². The van der Waals surface area contributed by atoms with Gasteiger partial charge in [-0.2, -0.15) is 5.21 Å². The summed E-state index contributed by atoms with van der Waals surface area (Å²) in [5.41, 5.74) is 5.12. The van der Waals surface area contributed by atoms with Crippen LogP contribution >= 0.6 is 0 Å². The van der Waals surface area contributed by atoms with Crippen molar-refractivity contribution in [2.75, 3.05) is 0 Å². The molecule has 2 bridgehead atoms. The van der Waals surface area contributed by atoms with E-state index >= 15 is 0 Å². The molecule has 0 spiro atoms. The Morgan fingerprint density at radius 2 is 1.77 bits per heavy atom. The molecule has 1 aromatic heterocycles. The molecule has 1 saturated heterocycles. The molecule has 26 heavy (non-hydrogen) atoms. The first-order valence-corrected chi connectivity index (χ1v) is 9.22. The number of H-pyrrole nitrogens is 1. The molecule has 2 unspecified atom stereocenters. The van der Waals surface area contributed by atoms with Gasteiger partial charge in [-0.1, -0.05) is 60.7 Å². The number of aromatic amines is 1. The van der Waals surface area contributed by atoms with Crippen molar-refractivity contribution < 1.29 is 0 Å². The normalized spacial score (nSPS) is 22.4. The first-order valence-electron chi connectivity index (χ1n) is 9.22. The fourth-order valence-electron chi connectivity index (χ4n) is 4.39. The Kier molecular flexibility index (Phi) is 3.87. The lowest BCUT2D eigenvalue weighted by Gasteiger charge is -2.34. The molecule has 0 amide bonds. The summed E-state index contributed by atoms with van der Waals surface area (Å²) in [4.78, 5) is 2.66. The highest BCUT2D eigenvalue weighted by Gasteiger charge is 2.37. The van der Waals surface area contributed by atoms with Crippen LogP contribution in [0.4, 0.5) is 0 Å². The minimum absolute atomic E-state index is 0.516. The number of aromatic nitrogens is 4. The quantitative estimate of drug-likeness (QED) is 0.785. The summed E-state index contributed by atoms with van der Waals surface area (Å²) in [5, 5.41) is 14.6. The van der Waals surface area contributed by atoms with Crippen molar-refractivity contribution in [3.8, 4) is 11.4 Å². The molecule has 5 heteroatoms. The molecule has 3 heterocycles. The van der Waals surface area contributed by atoms with E-state index in [-0.39, 0.29) is 0 Å². The number of hydrogen-bond acceptors (Lipinski definition) is 4. The van der Waals surface area contributed by atoms with Crippen molar-refractivity contribution in [2.45, 2.75) is 37.9 Å². The van der Waals surface area contributed by atoms with Crippen molar-refractivity contribution in [1.82, 2.24) is 25.5 Å². The third kappa shape index (κ3) is 2.74. The minimum atomic E-state index is 0.516. The van der Waals surface area contributed by atoms with Gasteiger partial charge in [0.1, 0.15) is 0 Å². The molecule has 2 aromatic carbocycles. The maximum atomic E-state index is 4.18. The van der Waals surface area contributed by atoms with Crippen LogP contribution in [-0.2, 0) is 6.54 Å². The third-order valence-corrected chi connectivity index (χ3v) is 5.61. The molecule has 130 valence electrons. The lowest BCUT2D eigenvalue weighted by molar-refractivity contribution is 0.203. The number of tetrazole rings is 1. The van der Waals surface area contributed by atoms with Crippen LogP contribution in [0.5, 0.6) is 0 Å². The molecule has 1 fully saturated rings. The van der Waals surface area contributed by atoms with Crippen molar-refractivity contribution in [3.63, 3.8) is 0 Å². The fourth-order valence-corrected chi connectivity index (χ4v) is 4.39. The molecule has 2 aliphatic rings. The van der Waals surface area contributed by atoms with Crippen molar-refractivity contribution in [2.24, 2.45) is 0 Å². The monoisotopic (exact) mass is 343 g/mol. The first-order chi connectivity index (χ1) is 12.9. The maximum absolute atomic E-state index is 4.18. The summed E-state index contributed by atoms with van der Waals surface area (Å²) >= 11 is 0. The Hall–Kier alpha value is -2.79. The van der Waals surface area contributed by atoms with Gasteiger partial charge in [0.2, 0.25) is 5.82 Å². The Morgan fingerprint density at radius 1 is 0.962 bits per heavy atom. The van der Waals surface area contributed by atoms with E-state index in [4.69, 9.17) is 0 Å². The summed E-state index contributed by atoms with van der Waals surface area (Å²) in [6.45, 7) is 1.03. The van der Waals surface area contributed by atoms with Gasteiger partial charge < -0.3 is 0 Å². The highest BCUT2D eigenvalue weighted by atomic mass is 15.5. The molecular formula is C21H21N5. The van der Waals surface area contributed by atoms with Crippen LogP contribution in [0.15, 0.2) is 60.7 Å². The van der Waals surface area contributed by atoms with E-state index in [9.17, 15) is 0 Å². The highest BCUT2D eigenvalue weighted by molar-refractivity contribution is 5.79. The predicted octanol–water partition coefficient (Wildman–Crippen LogP) is 3.69. The van der Waals surface area contributed by atoms with Crippen molar-refractivity contribution in [3.05, 3.63) is 71.8 Å². The van der Waals surface area contributed by atoms with E-state index in [0.717, 1.165) is 18.5 Å². The van der Waals surface area contributed by atoms with E-state index in [1.165, 1.54) is 29.5 Å². The Balaban J connectivity index is 1.46. The number of nitrogens with zero attached hydrogens (tertiary/aromatic N) is 4. The summed E-state index contributed by atoms with van der Waals surface area (Å²) in [6, 6.07) is 20.3. The standard InChI is InChI=1S/C21H21N5/c1-2-6-15(7-3-1)14-26-17-10-11-18(26)13-16(12-17)19-8-4-5-9-20(19)21-22-24-25-23-21/h1-9,12,17-18H,10-11,13-14H2,(H,22,23,24,25). The van der Waals surface area contributed by atoms with Crippen molar-refractivity contribution >= 4 is 5.57 Å². The van der Waals surface area contributed by atoms with Gasteiger partial charge in [0.15, 0.2) is 0 Å². The van der Waals surface area contributed by atoms with Crippen LogP contribution in [0.2, 0.25) is 0 Å². The zero-order chi connectivity index (χ0) is 17.3. The highest BCUT2D eigenvalue weighted by Crippen LogP contribution is 2.41. The van der Waals surface area contributed by atoms with E-state index in [1.807, 2.05) is 6.07 Å². The molecule has 3 aromatic rings. The number of nitrogens with one attached hydrogen (secondary N) is 1. The number of rotatable bonds is 4. The minimum Gasteiger partial charge on any atom is -0.289 e. The van der Waals surface area contributed by atoms with Gasteiger partial charge in [-0.15, -0.1) is 10.2 Å². The summed E-state index contributed by atoms with van der Waals surface area (Å²) in [6.07, 6.45) is 6.05. The zero-order valence-electron chi connectivity index (χ0n) is 14.5. The SMILES string of the molecule is C1=C(c2ccccc2-c2nn[nH]n2)CC2CCC1N2Cc1ccccc1. The number of hydrogen-bond donors (Lipinski definition) is 1. The van der Waals surface area contributed by atoms with Gasteiger partial charge in [0.25, 0.3) is 0 Å². The lowest BCUT2D eigenvalue weighted by atomic mass is 9.91. The van der Waals surface area contributed by atoms with Crippen LogP contribution in [0.25, 0.3) is 17.0 Å². The lowest BCUT2D eigenvalue weighted by Crippen LogP contribution is -2.37. The molecule has 0 radical (unpaired) electrons. The number of benzene rings is 2. The summed E-state index contributed by atoms with van der Waals surface area (Å²) in [5.74, 6) is 0.667. The largest absolute Gasteiger partial charge is 0.289 e. The second-order valence-corrected chi connectivity index (χ2v) is 7.13. The average molecular weight is 343 g/mol. The average Bonchev–Trinajstić information content (AvgIpc) is 3.29. The predicted molar refractivity (Wildman–Crippen MR) is 101 cm³/mol. The van der Waals surface area contributed by atoms with Gasteiger partial charge in [-0.3, -0.25) is 4.90 Å². The Bertz CT molecular complexity index is 917. The van der Waals surface area contributed by atoms with Crippen LogP contribution in [0.1, 0.15) is 30.4 Å². The van der Waals surface area contributed by atoms with Gasteiger partial charge in [0.05, 0.1) is 0 Å². The smallest absolute Gasteiger partial charge is 0.205 e. The number of fused-ring (bicyclic) bond motifs is 2. The van der Waals surface area contributed by atoms with Gasteiger partial charge in [-0.05, 0) is 41.2 Å². The first kappa shape index (κ1) is 15.5. The Morgan fingerprint density at radius 3 is 2.54 bits per heavy atom. The van der Waals surface area contributed by atoms with E-state index in [1.54, 1.807) is 0 Å². The molecule has 1 N–H and O–H groups in total. The van der Waals surface area contributed by atoms with E-state index in [2.05, 4.69) is 80.1 Å². The van der Waals surface area contributed by atoms with Crippen LogP contribution in [0.3, 0.4) is 0 Å². The van der Waals surface area contributed by atoms with Crippen LogP contribution < -0.4 is 0 Å². The van der Waals surface area contributed by atoms with E-state index < -0.39 is 0 Å². The molecule has 0 aliphatic carbocycles. The van der Waals surface area contributed by atoms with Gasteiger partial charge >= 0.3 is 0 Å². The fraction of sp³-hybridized carbons (Fsp3) is 0.286. The molecule has 2 atom stereocenters. The maximum Gasteiger partial charge on any atom is 0.205 e. The van der Waals surface area contributed by atoms with Crippen LogP contribution in [-0.4, -0.2) is 37.6 Å². The summed E-state index contributed by atoms with van der Waals surface area (Å²) < 4.78 is 0. The van der Waals surface area contributed by atoms with Crippen molar-refractivity contribution in [1.29, 1.82) is 0 Å². The molecular weight excluding hydrogens is 322 g/mol. The van der Waals surface area contributed by atoms with Crippen LogP contribution in [0, 0.1) is 0 Å². The Labute approximate surface area is 152 Å². The summed E-state index contributed by atoms with van der Waals surface area (Å²) in [7, 11) is 0. The second kappa shape index (κ2) is 6.50. The molecule has 5 nitrogen and oxygen atoms in total. The second-order valence-electron chi connectivity index (χ2n) is 7.13. The van der Waals surface area contributed by atoms with E-state index in [0.29, 0.717) is 17.9 Å². The third-order valence-electron chi connectivity index (χ3n) is 5.61. The molecule has 5 rings (SSSR count). The zero-order valence-corrected chi connectivity index (χ0v) is 14.5. The van der Waals surface area contributed by atoms with Gasteiger partial charge in [0, 0.05) is 24.2 Å². The van der Waals surface area contributed by atoms with Gasteiger partial charge in [-0.25, -0.2) is 0 Å². The molecule has 2 aliphatic heterocycles. The molecule has 0 saturated carbocycles.